The SMILES string of the molecule is COc1nc2ccc(C)cc2cc1C(c1ccccc1)C(O)(CCN(C)C)C1CC=Cc2ccccc21. The van der Waals surface area contributed by atoms with E-state index in [2.05, 4.69) is 105 Å². The Balaban J connectivity index is 1.78. The van der Waals surface area contributed by atoms with E-state index in [0.29, 0.717) is 12.3 Å². The van der Waals surface area contributed by atoms with Crippen LogP contribution in [0, 0.1) is 6.92 Å². The molecule has 1 heterocycles. The number of hydrogen-bond acceptors (Lipinski definition) is 4. The second-order valence-electron chi connectivity index (χ2n) is 10.5. The fourth-order valence-electron chi connectivity index (χ4n) is 5.88. The predicted molar refractivity (Wildman–Crippen MR) is 152 cm³/mol. The van der Waals surface area contributed by atoms with Crippen LogP contribution in [0.4, 0.5) is 0 Å². The van der Waals surface area contributed by atoms with Gasteiger partial charge in [0.2, 0.25) is 5.88 Å². The molecule has 1 N–H and O–H groups in total. The van der Waals surface area contributed by atoms with E-state index < -0.39 is 5.60 Å². The number of aliphatic hydroxyl groups is 1. The molecule has 0 saturated carbocycles. The van der Waals surface area contributed by atoms with E-state index in [-0.39, 0.29) is 11.8 Å². The van der Waals surface area contributed by atoms with Crippen molar-refractivity contribution in [3.63, 3.8) is 0 Å². The number of aromatic nitrogens is 1. The number of ether oxygens (including phenoxy) is 1. The van der Waals surface area contributed by atoms with Gasteiger partial charge < -0.3 is 14.7 Å². The number of hydrogen-bond donors (Lipinski definition) is 1. The molecule has 4 heteroatoms. The first-order chi connectivity index (χ1) is 17.9. The molecule has 4 aromatic rings. The largest absolute Gasteiger partial charge is 0.481 e. The third-order valence-electron chi connectivity index (χ3n) is 7.70. The van der Waals surface area contributed by atoms with E-state index in [1.807, 2.05) is 12.1 Å². The maximum Gasteiger partial charge on any atom is 0.217 e. The van der Waals surface area contributed by atoms with Gasteiger partial charge in [-0.3, -0.25) is 0 Å². The number of fused-ring (bicyclic) bond motifs is 2. The van der Waals surface area contributed by atoms with Crippen molar-refractivity contribution in [1.29, 1.82) is 0 Å². The molecule has 0 radical (unpaired) electrons. The highest BCUT2D eigenvalue weighted by Gasteiger charge is 2.47. The standard InChI is InChI=1S/C33H36N2O2/c1-23-17-18-30-26(21-23)22-28(32(34-30)37-4)31(25-12-6-5-7-13-25)33(36,19-20-35(2)3)29-16-10-14-24-11-8-9-15-27(24)29/h5-15,17-18,21-22,29,31,36H,16,19-20H2,1-4H3. The van der Waals surface area contributed by atoms with Crippen molar-refractivity contribution in [2.75, 3.05) is 27.7 Å². The lowest BCUT2D eigenvalue weighted by molar-refractivity contribution is -0.0174. The van der Waals surface area contributed by atoms with Crippen LogP contribution < -0.4 is 4.74 Å². The van der Waals surface area contributed by atoms with Crippen LogP contribution in [-0.4, -0.2) is 48.3 Å². The Kier molecular flexibility index (Phi) is 7.14. The third-order valence-corrected chi connectivity index (χ3v) is 7.70. The average Bonchev–Trinajstić information content (AvgIpc) is 2.92. The molecule has 37 heavy (non-hydrogen) atoms. The molecule has 0 bridgehead atoms. The summed E-state index contributed by atoms with van der Waals surface area (Å²) in [7, 11) is 5.80. The average molecular weight is 493 g/mol. The van der Waals surface area contributed by atoms with Crippen LogP contribution in [0.2, 0.25) is 0 Å². The molecule has 0 amide bonds. The minimum absolute atomic E-state index is 0.0863. The monoisotopic (exact) mass is 492 g/mol. The molecule has 1 aromatic heterocycles. The Morgan fingerprint density at radius 2 is 1.78 bits per heavy atom. The van der Waals surface area contributed by atoms with Gasteiger partial charge in [-0.1, -0.05) is 78.4 Å². The van der Waals surface area contributed by atoms with Gasteiger partial charge in [0.1, 0.15) is 0 Å². The lowest BCUT2D eigenvalue weighted by Crippen LogP contribution is -2.46. The second kappa shape index (κ2) is 10.5. The van der Waals surface area contributed by atoms with Crippen molar-refractivity contribution < 1.29 is 9.84 Å². The molecule has 0 spiro atoms. The first-order valence-corrected chi connectivity index (χ1v) is 13.0. The van der Waals surface area contributed by atoms with Gasteiger partial charge in [0.25, 0.3) is 0 Å². The second-order valence-corrected chi connectivity index (χ2v) is 10.5. The van der Waals surface area contributed by atoms with Crippen LogP contribution in [-0.2, 0) is 0 Å². The van der Waals surface area contributed by atoms with Crippen molar-refractivity contribution >= 4 is 17.0 Å². The van der Waals surface area contributed by atoms with Crippen LogP contribution >= 0.6 is 0 Å². The first-order valence-electron chi connectivity index (χ1n) is 13.0. The number of aryl methyl sites for hydroxylation is 1. The maximum atomic E-state index is 13.1. The van der Waals surface area contributed by atoms with E-state index in [4.69, 9.17) is 9.72 Å². The fraction of sp³-hybridized carbons (Fsp3) is 0.303. The molecule has 3 unspecified atom stereocenters. The number of methoxy groups -OCH3 is 1. The number of nitrogens with zero attached hydrogens (tertiary/aromatic N) is 2. The van der Waals surface area contributed by atoms with Gasteiger partial charge in [-0.05, 0) is 68.8 Å². The molecule has 4 nitrogen and oxygen atoms in total. The minimum atomic E-state index is -1.10. The molecule has 3 atom stereocenters. The summed E-state index contributed by atoms with van der Waals surface area (Å²) in [5.74, 6) is 0.135. The van der Waals surface area contributed by atoms with E-state index >= 15 is 0 Å². The Hall–Kier alpha value is -3.47. The highest BCUT2D eigenvalue weighted by Crippen LogP contribution is 2.51. The highest BCUT2D eigenvalue weighted by molar-refractivity contribution is 5.81. The molecule has 5 rings (SSSR count). The fourth-order valence-corrected chi connectivity index (χ4v) is 5.88. The summed E-state index contributed by atoms with van der Waals surface area (Å²) in [6, 6.07) is 27.3. The van der Waals surface area contributed by atoms with Crippen molar-refractivity contribution in [3.05, 3.63) is 113 Å². The summed E-state index contributed by atoms with van der Waals surface area (Å²) in [5.41, 5.74) is 5.31. The Morgan fingerprint density at radius 1 is 1.03 bits per heavy atom. The normalized spacial score (nSPS) is 17.4. The van der Waals surface area contributed by atoms with E-state index in [1.165, 1.54) is 16.7 Å². The predicted octanol–water partition coefficient (Wildman–Crippen LogP) is 6.57. The number of allylic oxidation sites excluding steroid dienone is 1. The van der Waals surface area contributed by atoms with Gasteiger partial charge in [-0.25, -0.2) is 4.98 Å². The van der Waals surface area contributed by atoms with Gasteiger partial charge >= 0.3 is 0 Å². The van der Waals surface area contributed by atoms with Crippen molar-refractivity contribution in [1.82, 2.24) is 9.88 Å². The summed E-state index contributed by atoms with van der Waals surface area (Å²) >= 11 is 0. The van der Waals surface area contributed by atoms with Crippen LogP contribution in [0.1, 0.15) is 52.5 Å². The van der Waals surface area contributed by atoms with E-state index in [1.54, 1.807) is 7.11 Å². The van der Waals surface area contributed by atoms with Crippen molar-refractivity contribution in [2.45, 2.75) is 37.2 Å². The summed E-state index contributed by atoms with van der Waals surface area (Å²) in [6.45, 7) is 2.85. The summed E-state index contributed by atoms with van der Waals surface area (Å²) in [4.78, 5) is 7.07. The zero-order valence-electron chi connectivity index (χ0n) is 22.2. The smallest absolute Gasteiger partial charge is 0.217 e. The number of rotatable bonds is 8. The van der Waals surface area contributed by atoms with Gasteiger partial charge in [0.05, 0.1) is 18.2 Å². The molecule has 190 valence electrons. The minimum Gasteiger partial charge on any atom is -0.481 e. The van der Waals surface area contributed by atoms with E-state index in [0.717, 1.165) is 35.0 Å². The topological polar surface area (TPSA) is 45.6 Å². The summed E-state index contributed by atoms with van der Waals surface area (Å²) in [5, 5.41) is 14.2. The lowest BCUT2D eigenvalue weighted by Gasteiger charge is -2.45. The lowest BCUT2D eigenvalue weighted by atomic mass is 9.64. The first kappa shape index (κ1) is 25.2. The van der Waals surface area contributed by atoms with Crippen LogP contribution in [0.25, 0.3) is 17.0 Å². The molecule has 0 aliphatic heterocycles. The van der Waals surface area contributed by atoms with E-state index in [9.17, 15) is 5.11 Å². The molecule has 3 aromatic carbocycles. The number of benzene rings is 3. The van der Waals surface area contributed by atoms with Gasteiger partial charge in [0.15, 0.2) is 0 Å². The van der Waals surface area contributed by atoms with Crippen molar-refractivity contribution in [3.8, 4) is 5.88 Å². The Morgan fingerprint density at radius 3 is 2.54 bits per heavy atom. The zero-order chi connectivity index (χ0) is 26.0. The van der Waals surface area contributed by atoms with Crippen molar-refractivity contribution in [2.24, 2.45) is 0 Å². The van der Waals surface area contributed by atoms with Gasteiger partial charge in [0, 0.05) is 29.3 Å². The summed E-state index contributed by atoms with van der Waals surface area (Å²) in [6.07, 6.45) is 5.75. The summed E-state index contributed by atoms with van der Waals surface area (Å²) < 4.78 is 5.92. The Bertz CT molecular complexity index is 1410. The van der Waals surface area contributed by atoms with Crippen LogP contribution in [0.5, 0.6) is 5.88 Å². The van der Waals surface area contributed by atoms with Gasteiger partial charge in [-0.15, -0.1) is 0 Å². The third kappa shape index (κ3) is 4.92. The van der Waals surface area contributed by atoms with Crippen LogP contribution in [0.15, 0.2) is 84.9 Å². The quantitative estimate of drug-likeness (QED) is 0.302. The molecular weight excluding hydrogens is 456 g/mol. The zero-order valence-corrected chi connectivity index (χ0v) is 22.2. The molecule has 0 fully saturated rings. The Labute approximate surface area is 220 Å². The van der Waals surface area contributed by atoms with Crippen LogP contribution in [0.3, 0.4) is 0 Å². The van der Waals surface area contributed by atoms with Gasteiger partial charge in [-0.2, -0.15) is 0 Å². The molecule has 0 saturated heterocycles. The number of pyridine rings is 1. The molecule has 1 aliphatic carbocycles. The maximum absolute atomic E-state index is 13.1. The highest BCUT2D eigenvalue weighted by atomic mass is 16.5. The molecular formula is C33H36N2O2. The molecule has 1 aliphatic rings.